The Kier molecular flexibility index (Phi) is 5.68. The minimum absolute atomic E-state index is 0.000202. The van der Waals surface area contributed by atoms with Crippen molar-refractivity contribution in [3.8, 4) is 5.75 Å². The van der Waals surface area contributed by atoms with E-state index in [4.69, 9.17) is 17.0 Å². The van der Waals surface area contributed by atoms with Crippen LogP contribution in [-0.4, -0.2) is 18.1 Å². The first-order valence-corrected chi connectivity index (χ1v) is 7.83. The number of hydrogen-bond donors (Lipinski definition) is 2. The number of para-hydroxylation sites is 1. The summed E-state index contributed by atoms with van der Waals surface area (Å²) in [5.41, 5.74) is 1.36. The van der Waals surface area contributed by atoms with Gasteiger partial charge in [0.1, 0.15) is 11.6 Å². The zero-order valence-electron chi connectivity index (χ0n) is 12.4. The van der Waals surface area contributed by atoms with E-state index in [2.05, 4.69) is 26.6 Å². The highest BCUT2D eigenvalue weighted by Crippen LogP contribution is 2.23. The van der Waals surface area contributed by atoms with Gasteiger partial charge in [-0.1, -0.05) is 28.1 Å². The first-order valence-electron chi connectivity index (χ1n) is 6.63. The summed E-state index contributed by atoms with van der Waals surface area (Å²) >= 11 is 8.23. The second-order valence-corrected chi connectivity index (χ2v) is 6.01. The third-order valence-electron chi connectivity index (χ3n) is 3.07. The highest BCUT2D eigenvalue weighted by Gasteiger charge is 2.15. The first kappa shape index (κ1) is 17.4. The molecule has 2 aromatic rings. The number of aryl methyl sites for hydroxylation is 1. The van der Waals surface area contributed by atoms with Crippen LogP contribution in [0.15, 0.2) is 40.9 Å². The van der Waals surface area contributed by atoms with Crippen LogP contribution in [0.3, 0.4) is 0 Å². The van der Waals surface area contributed by atoms with Gasteiger partial charge in [-0.05, 0) is 49.0 Å². The molecule has 0 radical (unpaired) electrons. The molecule has 23 heavy (non-hydrogen) atoms. The van der Waals surface area contributed by atoms with Crippen LogP contribution in [0.25, 0.3) is 0 Å². The average molecular weight is 397 g/mol. The van der Waals surface area contributed by atoms with Gasteiger partial charge in [0.05, 0.1) is 18.4 Å². The van der Waals surface area contributed by atoms with Gasteiger partial charge in [0.15, 0.2) is 5.11 Å². The van der Waals surface area contributed by atoms with Crippen LogP contribution in [0, 0.1) is 12.7 Å². The lowest BCUT2D eigenvalue weighted by atomic mass is 10.1. The molecule has 4 nitrogen and oxygen atoms in total. The van der Waals surface area contributed by atoms with Crippen molar-refractivity contribution in [2.75, 3.05) is 12.4 Å². The second kappa shape index (κ2) is 7.52. The number of benzene rings is 2. The molecule has 0 unspecified atom stereocenters. The zero-order chi connectivity index (χ0) is 17.0. The van der Waals surface area contributed by atoms with Crippen molar-refractivity contribution >= 4 is 44.9 Å². The molecular formula is C16H14BrFN2O2S. The molecule has 2 aromatic carbocycles. The Morgan fingerprint density at radius 2 is 2.04 bits per heavy atom. The van der Waals surface area contributed by atoms with Crippen molar-refractivity contribution in [3.05, 3.63) is 57.8 Å². The van der Waals surface area contributed by atoms with Gasteiger partial charge in [0.25, 0.3) is 5.91 Å². The molecule has 0 heterocycles. The highest BCUT2D eigenvalue weighted by molar-refractivity contribution is 9.10. The molecule has 120 valence electrons. The van der Waals surface area contributed by atoms with Crippen LogP contribution in [0.5, 0.6) is 5.75 Å². The van der Waals surface area contributed by atoms with E-state index < -0.39 is 11.7 Å². The Balaban J connectivity index is 2.11. The van der Waals surface area contributed by atoms with Crippen molar-refractivity contribution in [2.24, 2.45) is 0 Å². The fourth-order valence-electron chi connectivity index (χ4n) is 2.02. The number of carbonyl (C=O) groups excluding carboxylic acids is 1. The number of amides is 1. The van der Waals surface area contributed by atoms with Crippen LogP contribution in [-0.2, 0) is 0 Å². The molecule has 0 atom stereocenters. The maximum absolute atomic E-state index is 13.8. The predicted molar refractivity (Wildman–Crippen MR) is 95.5 cm³/mol. The summed E-state index contributed by atoms with van der Waals surface area (Å²) in [6, 6.07) is 9.70. The van der Waals surface area contributed by atoms with E-state index in [1.807, 2.05) is 13.0 Å². The van der Waals surface area contributed by atoms with Gasteiger partial charge in [-0.3, -0.25) is 10.1 Å². The molecule has 7 heteroatoms. The quantitative estimate of drug-likeness (QED) is 0.768. The SMILES string of the molecule is COc1c(C)cccc1C(=O)NC(=S)Nc1ccc(Br)cc1F. The number of carbonyl (C=O) groups is 1. The number of halogens is 2. The summed E-state index contributed by atoms with van der Waals surface area (Å²) in [7, 11) is 1.49. The second-order valence-electron chi connectivity index (χ2n) is 4.69. The molecule has 0 aliphatic carbocycles. The number of hydrogen-bond acceptors (Lipinski definition) is 3. The molecule has 0 fully saturated rings. The number of methoxy groups -OCH3 is 1. The smallest absolute Gasteiger partial charge is 0.261 e. The lowest BCUT2D eigenvalue weighted by molar-refractivity contribution is 0.0974. The molecule has 0 aromatic heterocycles. The molecule has 0 aliphatic heterocycles. The van der Waals surface area contributed by atoms with E-state index >= 15 is 0 Å². The van der Waals surface area contributed by atoms with Crippen molar-refractivity contribution < 1.29 is 13.9 Å². The van der Waals surface area contributed by atoms with Gasteiger partial charge in [-0.2, -0.15) is 0 Å². The number of anilines is 1. The van der Waals surface area contributed by atoms with Crippen LogP contribution in [0.4, 0.5) is 10.1 Å². The van der Waals surface area contributed by atoms with Gasteiger partial charge < -0.3 is 10.1 Å². The molecule has 0 saturated carbocycles. The van der Waals surface area contributed by atoms with E-state index in [-0.39, 0.29) is 10.8 Å². The monoisotopic (exact) mass is 396 g/mol. The number of thiocarbonyl (C=S) groups is 1. The van der Waals surface area contributed by atoms with Crippen molar-refractivity contribution in [3.63, 3.8) is 0 Å². The average Bonchev–Trinajstić information content (AvgIpc) is 2.49. The minimum atomic E-state index is -0.482. The third-order valence-corrected chi connectivity index (χ3v) is 3.76. The van der Waals surface area contributed by atoms with E-state index in [1.54, 1.807) is 18.2 Å². The summed E-state index contributed by atoms with van der Waals surface area (Å²) in [6.07, 6.45) is 0. The summed E-state index contributed by atoms with van der Waals surface area (Å²) in [6.45, 7) is 1.84. The standard InChI is InChI=1S/C16H14BrFN2O2S/c1-9-4-3-5-11(14(9)22-2)15(21)20-16(23)19-13-7-6-10(17)8-12(13)18/h3-8H,1-2H3,(H2,19,20,21,23). The Bertz CT molecular complexity index is 768. The number of nitrogens with one attached hydrogen (secondary N) is 2. The largest absolute Gasteiger partial charge is 0.496 e. The maximum Gasteiger partial charge on any atom is 0.261 e. The van der Waals surface area contributed by atoms with E-state index in [0.29, 0.717) is 15.8 Å². The van der Waals surface area contributed by atoms with E-state index in [9.17, 15) is 9.18 Å². The topological polar surface area (TPSA) is 50.4 Å². The Morgan fingerprint density at radius 3 is 2.70 bits per heavy atom. The van der Waals surface area contributed by atoms with Crippen LogP contribution >= 0.6 is 28.1 Å². The molecule has 0 bridgehead atoms. The van der Waals surface area contributed by atoms with Crippen LogP contribution < -0.4 is 15.4 Å². The first-order chi connectivity index (χ1) is 10.9. The van der Waals surface area contributed by atoms with Crippen LogP contribution in [0.2, 0.25) is 0 Å². The van der Waals surface area contributed by atoms with Gasteiger partial charge in [0.2, 0.25) is 0 Å². The van der Waals surface area contributed by atoms with Gasteiger partial charge >= 0.3 is 0 Å². The molecule has 2 N–H and O–H groups in total. The summed E-state index contributed by atoms with van der Waals surface area (Å²) in [4.78, 5) is 12.3. The third kappa shape index (κ3) is 4.27. The lowest BCUT2D eigenvalue weighted by Gasteiger charge is -2.13. The minimum Gasteiger partial charge on any atom is -0.496 e. The summed E-state index contributed by atoms with van der Waals surface area (Å²) in [5, 5.41) is 5.16. The van der Waals surface area contributed by atoms with Gasteiger partial charge in [0, 0.05) is 4.47 Å². The highest BCUT2D eigenvalue weighted by atomic mass is 79.9. The molecule has 0 saturated heterocycles. The van der Waals surface area contributed by atoms with Gasteiger partial charge in [-0.15, -0.1) is 0 Å². The number of rotatable bonds is 3. The fraction of sp³-hybridized carbons (Fsp3) is 0.125. The van der Waals surface area contributed by atoms with E-state index in [0.717, 1.165) is 5.56 Å². The fourth-order valence-corrected chi connectivity index (χ4v) is 2.55. The summed E-state index contributed by atoms with van der Waals surface area (Å²) in [5.74, 6) is -0.438. The van der Waals surface area contributed by atoms with Crippen molar-refractivity contribution in [2.45, 2.75) is 6.92 Å². The van der Waals surface area contributed by atoms with Crippen LogP contribution in [0.1, 0.15) is 15.9 Å². The van der Waals surface area contributed by atoms with Crippen molar-refractivity contribution in [1.29, 1.82) is 0 Å². The maximum atomic E-state index is 13.8. The molecule has 1 amide bonds. The van der Waals surface area contributed by atoms with E-state index in [1.165, 1.54) is 19.2 Å². The molecular weight excluding hydrogens is 383 g/mol. The predicted octanol–water partition coefficient (Wildman–Crippen LogP) is 4.03. The zero-order valence-corrected chi connectivity index (χ0v) is 14.8. The number of ether oxygens (including phenoxy) is 1. The lowest BCUT2D eigenvalue weighted by Crippen LogP contribution is -2.34. The van der Waals surface area contributed by atoms with Crippen molar-refractivity contribution in [1.82, 2.24) is 5.32 Å². The Hall–Kier alpha value is -1.99. The Morgan fingerprint density at radius 1 is 1.30 bits per heavy atom. The molecule has 0 spiro atoms. The Labute approximate surface area is 147 Å². The summed E-state index contributed by atoms with van der Waals surface area (Å²) < 4.78 is 19.6. The van der Waals surface area contributed by atoms with Gasteiger partial charge in [-0.25, -0.2) is 4.39 Å². The molecule has 0 aliphatic rings. The molecule has 2 rings (SSSR count). The normalized spacial score (nSPS) is 10.1.